The molecule has 0 unspecified atom stereocenters. The number of carbonyl (C=O) groups excluding carboxylic acids is 2. The van der Waals surface area contributed by atoms with Crippen molar-refractivity contribution in [2.45, 2.75) is 13.8 Å². The maximum absolute atomic E-state index is 12.1. The number of aromatic nitrogens is 2. The van der Waals surface area contributed by atoms with Gasteiger partial charge in [-0.2, -0.15) is 0 Å². The average Bonchev–Trinajstić information content (AvgIpc) is 2.85. The van der Waals surface area contributed by atoms with Crippen LogP contribution in [0.4, 0.5) is 11.6 Å². The highest BCUT2D eigenvalue weighted by Gasteiger charge is 2.12. The summed E-state index contributed by atoms with van der Waals surface area (Å²) in [6, 6.07) is 16.9. The maximum Gasteiger partial charge on any atom is 0.244 e. The van der Waals surface area contributed by atoms with E-state index in [0.717, 1.165) is 16.7 Å². The SMILES string of the molecule is CC(=O)NCCNc1nc(-c2ccc(Cl)cc2)nc(NCCNC(=O)C=Cc2ccccc2)c1C. The number of halogens is 1. The number of rotatable bonds is 11. The number of benzene rings is 2. The average molecular weight is 493 g/mol. The lowest BCUT2D eigenvalue weighted by atomic mass is 10.2. The lowest BCUT2D eigenvalue weighted by Gasteiger charge is -2.16. The normalized spacial score (nSPS) is 10.7. The van der Waals surface area contributed by atoms with Crippen molar-refractivity contribution < 1.29 is 9.59 Å². The summed E-state index contributed by atoms with van der Waals surface area (Å²) in [5.41, 5.74) is 2.62. The number of amides is 2. The molecule has 0 saturated carbocycles. The Bertz CT molecular complexity index is 1170. The van der Waals surface area contributed by atoms with Crippen molar-refractivity contribution in [3.8, 4) is 11.4 Å². The molecule has 0 radical (unpaired) electrons. The van der Waals surface area contributed by atoms with Crippen LogP contribution in [0.3, 0.4) is 0 Å². The van der Waals surface area contributed by atoms with Gasteiger partial charge in [0.25, 0.3) is 0 Å². The Morgan fingerprint density at radius 1 is 0.857 bits per heavy atom. The van der Waals surface area contributed by atoms with Gasteiger partial charge in [0.05, 0.1) is 0 Å². The number of nitrogens with zero attached hydrogens (tertiary/aromatic N) is 2. The number of nitrogens with one attached hydrogen (secondary N) is 4. The van der Waals surface area contributed by atoms with Crippen LogP contribution in [0.5, 0.6) is 0 Å². The zero-order valence-corrected chi connectivity index (χ0v) is 20.5. The van der Waals surface area contributed by atoms with E-state index in [-0.39, 0.29) is 11.8 Å². The van der Waals surface area contributed by atoms with Crippen molar-refractivity contribution in [3.05, 3.63) is 76.8 Å². The number of anilines is 2. The first kappa shape index (κ1) is 25.7. The Morgan fingerprint density at radius 2 is 1.46 bits per heavy atom. The second-order valence-corrected chi connectivity index (χ2v) is 8.18. The quantitative estimate of drug-likeness (QED) is 0.239. The molecule has 8 nitrogen and oxygen atoms in total. The molecule has 0 aliphatic carbocycles. The van der Waals surface area contributed by atoms with Gasteiger partial charge in [-0.15, -0.1) is 0 Å². The van der Waals surface area contributed by atoms with E-state index in [1.54, 1.807) is 18.2 Å². The molecule has 0 spiro atoms. The van der Waals surface area contributed by atoms with E-state index in [0.29, 0.717) is 48.7 Å². The van der Waals surface area contributed by atoms with Crippen LogP contribution in [-0.4, -0.2) is 48.0 Å². The first-order valence-electron chi connectivity index (χ1n) is 11.3. The molecule has 35 heavy (non-hydrogen) atoms. The fourth-order valence-corrected chi connectivity index (χ4v) is 3.30. The third-order valence-electron chi connectivity index (χ3n) is 4.98. The van der Waals surface area contributed by atoms with Gasteiger partial charge >= 0.3 is 0 Å². The zero-order chi connectivity index (χ0) is 25.0. The topological polar surface area (TPSA) is 108 Å². The molecular weight excluding hydrogens is 464 g/mol. The van der Waals surface area contributed by atoms with Gasteiger partial charge in [-0.1, -0.05) is 41.9 Å². The first-order valence-corrected chi connectivity index (χ1v) is 11.7. The molecule has 0 aliphatic rings. The zero-order valence-electron chi connectivity index (χ0n) is 19.8. The Labute approximate surface area is 210 Å². The minimum atomic E-state index is -0.169. The third kappa shape index (κ3) is 8.42. The molecule has 0 bridgehead atoms. The van der Waals surface area contributed by atoms with Crippen molar-refractivity contribution >= 4 is 41.1 Å². The molecule has 9 heteroatoms. The van der Waals surface area contributed by atoms with Crippen LogP contribution in [0.2, 0.25) is 5.02 Å². The van der Waals surface area contributed by atoms with Crippen LogP contribution in [0.1, 0.15) is 18.1 Å². The van der Waals surface area contributed by atoms with Crippen LogP contribution in [-0.2, 0) is 9.59 Å². The molecule has 0 aliphatic heterocycles. The summed E-state index contributed by atoms with van der Waals surface area (Å²) in [7, 11) is 0. The highest BCUT2D eigenvalue weighted by atomic mass is 35.5. The molecule has 1 aromatic heterocycles. The summed E-state index contributed by atoms with van der Waals surface area (Å²) >= 11 is 6.02. The van der Waals surface area contributed by atoms with E-state index in [2.05, 4.69) is 31.2 Å². The molecular formula is C26H29ClN6O2. The lowest BCUT2D eigenvalue weighted by molar-refractivity contribution is -0.119. The molecule has 3 aromatic rings. The Kier molecular flexibility index (Phi) is 9.62. The van der Waals surface area contributed by atoms with Crippen LogP contribution >= 0.6 is 11.6 Å². The summed E-state index contributed by atoms with van der Waals surface area (Å²) in [5, 5.41) is 12.8. The number of hydrogen-bond donors (Lipinski definition) is 4. The molecule has 182 valence electrons. The Morgan fingerprint density at radius 3 is 2.06 bits per heavy atom. The molecule has 2 aromatic carbocycles. The summed E-state index contributed by atoms with van der Waals surface area (Å²) < 4.78 is 0. The van der Waals surface area contributed by atoms with Gasteiger partial charge in [0.1, 0.15) is 11.6 Å². The third-order valence-corrected chi connectivity index (χ3v) is 5.24. The number of hydrogen-bond acceptors (Lipinski definition) is 6. The molecule has 1 heterocycles. The standard InChI is InChI=1S/C26H29ClN6O2/c1-18-24(30-16-14-28-19(2)34)32-26(21-9-11-22(27)12-10-21)33-25(18)31-17-15-29-23(35)13-8-20-6-4-3-5-7-20/h3-13H,14-17H2,1-2H3,(H,28,34)(H,29,35)(H2,30,31,32,33). The van der Waals surface area contributed by atoms with Gasteiger partial charge in [0.15, 0.2) is 5.82 Å². The number of carbonyl (C=O) groups is 2. The van der Waals surface area contributed by atoms with Gasteiger partial charge in [-0.3, -0.25) is 9.59 Å². The van der Waals surface area contributed by atoms with E-state index in [1.807, 2.05) is 49.4 Å². The van der Waals surface area contributed by atoms with E-state index < -0.39 is 0 Å². The van der Waals surface area contributed by atoms with E-state index >= 15 is 0 Å². The molecule has 3 rings (SSSR count). The van der Waals surface area contributed by atoms with Crippen LogP contribution in [0.25, 0.3) is 17.5 Å². The molecule has 0 atom stereocenters. The smallest absolute Gasteiger partial charge is 0.244 e. The van der Waals surface area contributed by atoms with E-state index in [1.165, 1.54) is 13.0 Å². The minimum Gasteiger partial charge on any atom is -0.368 e. The molecule has 4 N–H and O–H groups in total. The summed E-state index contributed by atoms with van der Waals surface area (Å²) in [4.78, 5) is 32.6. The summed E-state index contributed by atoms with van der Waals surface area (Å²) in [6.07, 6.45) is 3.29. The summed E-state index contributed by atoms with van der Waals surface area (Å²) in [6.45, 7) is 5.28. The minimum absolute atomic E-state index is 0.0870. The Hall–Kier alpha value is -3.91. The van der Waals surface area contributed by atoms with Crippen molar-refractivity contribution in [1.29, 1.82) is 0 Å². The van der Waals surface area contributed by atoms with Gasteiger partial charge in [0, 0.05) is 55.3 Å². The second-order valence-electron chi connectivity index (χ2n) is 7.75. The predicted octanol–water partition coefficient (Wildman–Crippen LogP) is 3.89. The fraction of sp³-hybridized carbons (Fsp3) is 0.231. The van der Waals surface area contributed by atoms with Crippen LogP contribution < -0.4 is 21.3 Å². The maximum atomic E-state index is 12.1. The summed E-state index contributed by atoms with van der Waals surface area (Å²) in [5.74, 6) is 1.59. The highest BCUT2D eigenvalue weighted by Crippen LogP contribution is 2.26. The van der Waals surface area contributed by atoms with Gasteiger partial charge in [-0.05, 0) is 42.8 Å². The molecule has 2 amide bonds. The predicted molar refractivity (Wildman–Crippen MR) is 141 cm³/mol. The van der Waals surface area contributed by atoms with Gasteiger partial charge in [0.2, 0.25) is 11.8 Å². The van der Waals surface area contributed by atoms with Crippen molar-refractivity contribution in [3.63, 3.8) is 0 Å². The Balaban J connectivity index is 1.64. The van der Waals surface area contributed by atoms with Gasteiger partial charge < -0.3 is 21.3 Å². The largest absolute Gasteiger partial charge is 0.368 e. The van der Waals surface area contributed by atoms with Crippen LogP contribution in [0, 0.1) is 6.92 Å². The fourth-order valence-electron chi connectivity index (χ4n) is 3.17. The van der Waals surface area contributed by atoms with E-state index in [4.69, 9.17) is 11.6 Å². The van der Waals surface area contributed by atoms with Gasteiger partial charge in [-0.25, -0.2) is 9.97 Å². The molecule has 0 fully saturated rings. The van der Waals surface area contributed by atoms with Crippen molar-refractivity contribution in [2.75, 3.05) is 36.8 Å². The second kappa shape index (κ2) is 13.1. The highest BCUT2D eigenvalue weighted by molar-refractivity contribution is 6.30. The lowest BCUT2D eigenvalue weighted by Crippen LogP contribution is -2.28. The van der Waals surface area contributed by atoms with Crippen molar-refractivity contribution in [1.82, 2.24) is 20.6 Å². The monoisotopic (exact) mass is 492 g/mol. The first-order chi connectivity index (χ1) is 16.9. The van der Waals surface area contributed by atoms with E-state index in [9.17, 15) is 9.59 Å². The van der Waals surface area contributed by atoms with Crippen LogP contribution in [0.15, 0.2) is 60.7 Å². The molecule has 0 saturated heterocycles. The van der Waals surface area contributed by atoms with Crippen molar-refractivity contribution in [2.24, 2.45) is 0 Å².